The highest BCUT2D eigenvalue weighted by Crippen LogP contribution is 2.16. The number of carbonyl (C=O) groups excluding carboxylic acids is 2. The molecule has 2 aromatic rings. The Morgan fingerprint density at radius 3 is 2.43 bits per heavy atom. The molecule has 1 aromatic carbocycles. The Balaban J connectivity index is 2.10. The van der Waals surface area contributed by atoms with Gasteiger partial charge in [0.2, 0.25) is 5.56 Å². The molecule has 2 rings (SSSR count). The molecule has 3 N–H and O–H groups in total. The van der Waals surface area contributed by atoms with E-state index in [1.165, 1.54) is 25.4 Å². The van der Waals surface area contributed by atoms with E-state index in [1.807, 2.05) is 0 Å². The molecule has 1 aromatic heterocycles. The fourth-order valence-electron chi connectivity index (χ4n) is 1.60. The van der Waals surface area contributed by atoms with Crippen LogP contribution in [-0.4, -0.2) is 24.1 Å². The van der Waals surface area contributed by atoms with E-state index in [0.717, 1.165) is 0 Å². The van der Waals surface area contributed by atoms with E-state index in [0.29, 0.717) is 16.9 Å². The fourth-order valence-corrected chi connectivity index (χ4v) is 1.60. The van der Waals surface area contributed by atoms with Crippen molar-refractivity contribution in [3.05, 3.63) is 58.5 Å². The molecule has 2 amide bonds. The molecule has 7 heteroatoms. The van der Waals surface area contributed by atoms with E-state index < -0.39 is 6.09 Å². The summed E-state index contributed by atoms with van der Waals surface area (Å²) in [6.07, 6.45) is 0.730. The van der Waals surface area contributed by atoms with Gasteiger partial charge in [-0.1, -0.05) is 6.07 Å². The van der Waals surface area contributed by atoms with Crippen molar-refractivity contribution >= 4 is 23.4 Å². The quantitative estimate of drug-likeness (QED) is 0.801. The van der Waals surface area contributed by atoms with Crippen LogP contribution in [0.5, 0.6) is 0 Å². The van der Waals surface area contributed by atoms with Gasteiger partial charge in [0.15, 0.2) is 0 Å². The second kappa shape index (κ2) is 6.38. The van der Waals surface area contributed by atoms with Crippen LogP contribution in [0.15, 0.2) is 47.4 Å². The molecule has 0 aliphatic carbocycles. The molecule has 108 valence electrons. The zero-order chi connectivity index (χ0) is 15.2. The second-order valence-electron chi connectivity index (χ2n) is 4.09. The van der Waals surface area contributed by atoms with Crippen LogP contribution in [0.1, 0.15) is 10.4 Å². The zero-order valence-electron chi connectivity index (χ0n) is 11.2. The van der Waals surface area contributed by atoms with Crippen molar-refractivity contribution in [1.29, 1.82) is 0 Å². The van der Waals surface area contributed by atoms with Crippen molar-refractivity contribution in [3.8, 4) is 0 Å². The summed E-state index contributed by atoms with van der Waals surface area (Å²) in [5.74, 6) is -0.374. The van der Waals surface area contributed by atoms with Crippen LogP contribution in [0.4, 0.5) is 16.2 Å². The molecule has 0 aliphatic heterocycles. The highest BCUT2D eigenvalue weighted by atomic mass is 16.5. The molecule has 1 heterocycles. The zero-order valence-corrected chi connectivity index (χ0v) is 11.2. The average molecular weight is 287 g/mol. The number of aromatic nitrogens is 1. The Hall–Kier alpha value is -3.09. The van der Waals surface area contributed by atoms with Crippen LogP contribution in [0.2, 0.25) is 0 Å². The van der Waals surface area contributed by atoms with Gasteiger partial charge in [-0.2, -0.15) is 0 Å². The molecule has 0 atom stereocenters. The minimum Gasteiger partial charge on any atom is -0.453 e. The van der Waals surface area contributed by atoms with Crippen molar-refractivity contribution in [1.82, 2.24) is 4.98 Å². The molecule has 0 spiro atoms. The van der Waals surface area contributed by atoms with E-state index >= 15 is 0 Å². The van der Waals surface area contributed by atoms with Gasteiger partial charge in [0, 0.05) is 23.6 Å². The number of hydrogen-bond acceptors (Lipinski definition) is 4. The maximum atomic E-state index is 12.0. The van der Waals surface area contributed by atoms with Gasteiger partial charge in [0.25, 0.3) is 5.91 Å². The molecule has 21 heavy (non-hydrogen) atoms. The molecule has 0 bridgehead atoms. The van der Waals surface area contributed by atoms with E-state index in [9.17, 15) is 14.4 Å². The van der Waals surface area contributed by atoms with Crippen molar-refractivity contribution in [3.63, 3.8) is 0 Å². The van der Waals surface area contributed by atoms with E-state index in [2.05, 4.69) is 20.4 Å². The third-order valence-electron chi connectivity index (χ3n) is 2.60. The monoisotopic (exact) mass is 287 g/mol. The summed E-state index contributed by atoms with van der Waals surface area (Å²) in [4.78, 5) is 36.4. The topological polar surface area (TPSA) is 100 Å². The number of anilines is 2. The van der Waals surface area contributed by atoms with Gasteiger partial charge in [0.05, 0.1) is 12.7 Å². The van der Waals surface area contributed by atoms with Crippen LogP contribution in [-0.2, 0) is 4.74 Å². The Kier molecular flexibility index (Phi) is 4.35. The smallest absolute Gasteiger partial charge is 0.411 e. The lowest BCUT2D eigenvalue weighted by Crippen LogP contribution is -2.15. The third-order valence-corrected chi connectivity index (χ3v) is 2.60. The molecule has 0 fully saturated rings. The predicted octanol–water partition coefficient (Wildman–Crippen LogP) is 1.81. The van der Waals surface area contributed by atoms with Crippen molar-refractivity contribution < 1.29 is 14.3 Å². The van der Waals surface area contributed by atoms with Crippen LogP contribution < -0.4 is 16.2 Å². The van der Waals surface area contributed by atoms with Crippen molar-refractivity contribution in [2.45, 2.75) is 0 Å². The first-order valence-electron chi connectivity index (χ1n) is 6.03. The number of H-pyrrole nitrogens is 1. The van der Waals surface area contributed by atoms with Crippen molar-refractivity contribution in [2.75, 3.05) is 17.7 Å². The number of benzene rings is 1. The summed E-state index contributed by atoms with van der Waals surface area (Å²) in [7, 11) is 1.26. The largest absolute Gasteiger partial charge is 0.453 e. The molecule has 0 aliphatic rings. The van der Waals surface area contributed by atoms with Gasteiger partial charge in [-0.05, 0) is 24.3 Å². The van der Waals surface area contributed by atoms with Crippen LogP contribution in [0, 0.1) is 0 Å². The maximum absolute atomic E-state index is 12.0. The van der Waals surface area contributed by atoms with E-state index in [4.69, 9.17) is 0 Å². The van der Waals surface area contributed by atoms with Gasteiger partial charge >= 0.3 is 6.09 Å². The van der Waals surface area contributed by atoms with Gasteiger partial charge < -0.3 is 15.0 Å². The minimum absolute atomic E-state index is 0.282. The molecule has 0 saturated carbocycles. The standard InChI is InChI=1S/C14H13N3O4/c1-21-14(20)17-11-4-2-3-10(7-11)16-13(19)9-5-6-12(18)15-8-9/h2-8H,1H3,(H,15,18)(H,16,19)(H,17,20). The number of ether oxygens (including phenoxy) is 1. The lowest BCUT2D eigenvalue weighted by atomic mass is 10.2. The highest BCUT2D eigenvalue weighted by molar-refractivity contribution is 6.04. The first-order chi connectivity index (χ1) is 10.1. The number of methoxy groups -OCH3 is 1. The summed E-state index contributed by atoms with van der Waals surface area (Å²) < 4.78 is 4.48. The van der Waals surface area contributed by atoms with Crippen LogP contribution >= 0.6 is 0 Å². The van der Waals surface area contributed by atoms with Crippen molar-refractivity contribution in [2.24, 2.45) is 0 Å². The van der Waals surface area contributed by atoms with E-state index in [-0.39, 0.29) is 11.5 Å². The number of pyridine rings is 1. The summed E-state index contributed by atoms with van der Waals surface area (Å²) in [6.45, 7) is 0. The second-order valence-corrected chi connectivity index (χ2v) is 4.09. The normalized spacial score (nSPS) is 9.76. The molecule has 7 nitrogen and oxygen atoms in total. The number of rotatable bonds is 3. The predicted molar refractivity (Wildman–Crippen MR) is 77.5 cm³/mol. The molecule has 0 unspecified atom stereocenters. The molecule has 0 radical (unpaired) electrons. The number of hydrogen-bond donors (Lipinski definition) is 3. The Labute approximate surface area is 120 Å². The lowest BCUT2D eigenvalue weighted by Gasteiger charge is -2.08. The lowest BCUT2D eigenvalue weighted by molar-refractivity contribution is 0.102. The van der Waals surface area contributed by atoms with Crippen LogP contribution in [0.3, 0.4) is 0 Å². The third kappa shape index (κ3) is 3.93. The Morgan fingerprint density at radius 2 is 1.81 bits per heavy atom. The summed E-state index contributed by atoms with van der Waals surface area (Å²) in [5, 5.41) is 5.15. The Morgan fingerprint density at radius 1 is 1.10 bits per heavy atom. The number of aromatic amines is 1. The number of carbonyl (C=O) groups is 2. The first kappa shape index (κ1) is 14.3. The molecular weight excluding hydrogens is 274 g/mol. The number of amides is 2. The maximum Gasteiger partial charge on any atom is 0.411 e. The molecule has 0 saturated heterocycles. The fraction of sp³-hybridized carbons (Fsp3) is 0.0714. The van der Waals surface area contributed by atoms with Gasteiger partial charge in [0.1, 0.15) is 0 Å². The van der Waals surface area contributed by atoms with Crippen LogP contribution in [0.25, 0.3) is 0 Å². The van der Waals surface area contributed by atoms with Gasteiger partial charge in [-0.15, -0.1) is 0 Å². The first-order valence-corrected chi connectivity index (χ1v) is 6.03. The van der Waals surface area contributed by atoms with Gasteiger partial charge in [-0.3, -0.25) is 14.9 Å². The molecular formula is C14H13N3O4. The summed E-state index contributed by atoms with van der Waals surface area (Å²) >= 11 is 0. The summed E-state index contributed by atoms with van der Waals surface area (Å²) in [5.41, 5.74) is 1.03. The SMILES string of the molecule is COC(=O)Nc1cccc(NC(=O)c2ccc(=O)[nH]c2)c1. The summed E-state index contributed by atoms with van der Waals surface area (Å²) in [6, 6.07) is 9.28. The van der Waals surface area contributed by atoms with E-state index in [1.54, 1.807) is 24.3 Å². The number of nitrogens with one attached hydrogen (secondary N) is 3. The van der Waals surface area contributed by atoms with Gasteiger partial charge in [-0.25, -0.2) is 4.79 Å². The average Bonchev–Trinajstić information content (AvgIpc) is 2.48. The highest BCUT2D eigenvalue weighted by Gasteiger charge is 2.07. The minimum atomic E-state index is -0.598. The Bertz CT molecular complexity index is 704.